The summed E-state index contributed by atoms with van der Waals surface area (Å²) in [5, 5.41) is 12.5. The maximum absolute atomic E-state index is 8.90. The maximum atomic E-state index is 8.90. The molecule has 1 atom stereocenters. The summed E-state index contributed by atoms with van der Waals surface area (Å²) in [5.41, 5.74) is 0.488. The number of hydrogen-bond acceptors (Lipinski definition) is 3. The van der Waals surface area contributed by atoms with E-state index in [1.54, 1.807) is 0 Å². The van der Waals surface area contributed by atoms with Crippen LogP contribution in [-0.4, -0.2) is 35.8 Å². The van der Waals surface area contributed by atoms with Crippen LogP contribution in [0.4, 0.5) is 0 Å². The van der Waals surface area contributed by atoms with Gasteiger partial charge in [0, 0.05) is 24.9 Å². The molecule has 0 bridgehead atoms. The van der Waals surface area contributed by atoms with E-state index in [1.807, 2.05) is 0 Å². The average Bonchev–Trinajstić information content (AvgIpc) is 2.71. The minimum Gasteiger partial charge on any atom is -0.396 e. The molecule has 1 aliphatic carbocycles. The van der Waals surface area contributed by atoms with Gasteiger partial charge in [0.2, 0.25) is 0 Å². The van der Waals surface area contributed by atoms with Gasteiger partial charge in [0.15, 0.2) is 0 Å². The van der Waals surface area contributed by atoms with Crippen molar-refractivity contribution in [3.63, 3.8) is 0 Å². The molecule has 0 aromatic rings. The van der Waals surface area contributed by atoms with Crippen molar-refractivity contribution in [2.24, 2.45) is 5.41 Å². The number of rotatable bonds is 5. The molecular formula is C10H19NOS. The van der Waals surface area contributed by atoms with Crippen LogP contribution in [-0.2, 0) is 0 Å². The van der Waals surface area contributed by atoms with Crippen molar-refractivity contribution in [3.05, 3.63) is 0 Å². The fraction of sp³-hybridized carbons (Fsp3) is 1.00. The van der Waals surface area contributed by atoms with Crippen LogP contribution < -0.4 is 5.32 Å². The average molecular weight is 201 g/mol. The summed E-state index contributed by atoms with van der Waals surface area (Å²) < 4.78 is 0. The zero-order chi connectivity index (χ0) is 9.15. The van der Waals surface area contributed by atoms with E-state index < -0.39 is 0 Å². The molecule has 1 saturated carbocycles. The molecule has 0 aromatic carbocycles. The van der Waals surface area contributed by atoms with Crippen LogP contribution in [0, 0.1) is 5.41 Å². The standard InChI is InChI=1S/C10H19NOS/c12-5-4-10(2-3-10)8-11-9-1-6-13-7-9/h9,11-12H,1-8H2. The third kappa shape index (κ3) is 2.61. The molecule has 1 saturated heterocycles. The quantitative estimate of drug-likeness (QED) is 0.702. The van der Waals surface area contributed by atoms with Crippen molar-refractivity contribution < 1.29 is 5.11 Å². The molecule has 0 radical (unpaired) electrons. The van der Waals surface area contributed by atoms with E-state index in [0.29, 0.717) is 12.0 Å². The number of nitrogens with one attached hydrogen (secondary N) is 1. The highest BCUT2D eigenvalue weighted by atomic mass is 32.2. The van der Waals surface area contributed by atoms with E-state index in [2.05, 4.69) is 17.1 Å². The topological polar surface area (TPSA) is 32.3 Å². The number of aliphatic hydroxyl groups excluding tert-OH is 1. The van der Waals surface area contributed by atoms with Crippen LogP contribution >= 0.6 is 11.8 Å². The lowest BCUT2D eigenvalue weighted by molar-refractivity contribution is 0.243. The van der Waals surface area contributed by atoms with Gasteiger partial charge in [-0.2, -0.15) is 11.8 Å². The summed E-state index contributed by atoms with van der Waals surface area (Å²) in [6, 6.07) is 0.751. The second kappa shape index (κ2) is 4.20. The number of thioether (sulfide) groups is 1. The minimum absolute atomic E-state index is 0.362. The van der Waals surface area contributed by atoms with Gasteiger partial charge in [0.25, 0.3) is 0 Å². The number of hydrogen-bond donors (Lipinski definition) is 2. The predicted molar refractivity (Wildman–Crippen MR) is 57.1 cm³/mol. The van der Waals surface area contributed by atoms with Gasteiger partial charge in [-0.25, -0.2) is 0 Å². The molecule has 2 N–H and O–H groups in total. The van der Waals surface area contributed by atoms with E-state index in [1.165, 1.54) is 30.8 Å². The second-order valence-corrected chi connectivity index (χ2v) is 5.56. The molecule has 3 heteroatoms. The van der Waals surface area contributed by atoms with Crippen molar-refractivity contribution in [2.45, 2.75) is 31.7 Å². The Morgan fingerprint density at radius 3 is 2.85 bits per heavy atom. The zero-order valence-electron chi connectivity index (χ0n) is 8.09. The van der Waals surface area contributed by atoms with E-state index in [0.717, 1.165) is 19.0 Å². The summed E-state index contributed by atoms with van der Waals surface area (Å²) in [5.74, 6) is 2.61. The van der Waals surface area contributed by atoms with Crippen LogP contribution in [0.1, 0.15) is 25.7 Å². The highest BCUT2D eigenvalue weighted by Gasteiger charge is 2.41. The van der Waals surface area contributed by atoms with Crippen LogP contribution in [0.2, 0.25) is 0 Å². The fourth-order valence-corrected chi connectivity index (χ4v) is 3.17. The monoisotopic (exact) mass is 201 g/mol. The van der Waals surface area contributed by atoms with Crippen LogP contribution in [0.5, 0.6) is 0 Å². The Bertz CT molecular complexity index is 164. The smallest absolute Gasteiger partial charge is 0.0436 e. The maximum Gasteiger partial charge on any atom is 0.0436 e. The summed E-state index contributed by atoms with van der Waals surface area (Å²) in [7, 11) is 0. The van der Waals surface area contributed by atoms with Gasteiger partial charge >= 0.3 is 0 Å². The van der Waals surface area contributed by atoms with E-state index in [-0.39, 0.29) is 0 Å². The van der Waals surface area contributed by atoms with Crippen LogP contribution in [0.25, 0.3) is 0 Å². The molecule has 13 heavy (non-hydrogen) atoms. The Morgan fingerprint density at radius 1 is 1.46 bits per heavy atom. The van der Waals surface area contributed by atoms with Crippen LogP contribution in [0.15, 0.2) is 0 Å². The first-order valence-corrected chi connectivity index (χ1v) is 6.42. The minimum atomic E-state index is 0.362. The van der Waals surface area contributed by atoms with Gasteiger partial charge in [-0.3, -0.25) is 0 Å². The lowest BCUT2D eigenvalue weighted by Gasteiger charge is -2.18. The Balaban J connectivity index is 1.66. The molecule has 76 valence electrons. The Morgan fingerprint density at radius 2 is 2.31 bits per heavy atom. The third-order valence-corrected chi connectivity index (χ3v) is 4.46. The lowest BCUT2D eigenvalue weighted by Crippen LogP contribution is -2.34. The van der Waals surface area contributed by atoms with Crippen molar-refractivity contribution in [3.8, 4) is 0 Å². The molecule has 2 fully saturated rings. The molecular weight excluding hydrogens is 182 g/mol. The van der Waals surface area contributed by atoms with Gasteiger partial charge in [-0.05, 0) is 36.9 Å². The second-order valence-electron chi connectivity index (χ2n) is 4.42. The van der Waals surface area contributed by atoms with Gasteiger partial charge in [-0.1, -0.05) is 0 Å². The van der Waals surface area contributed by atoms with E-state index >= 15 is 0 Å². The lowest BCUT2D eigenvalue weighted by atomic mass is 10.0. The summed E-state index contributed by atoms with van der Waals surface area (Å²) in [6.07, 6.45) is 4.97. The van der Waals surface area contributed by atoms with Crippen LogP contribution in [0.3, 0.4) is 0 Å². The largest absolute Gasteiger partial charge is 0.396 e. The third-order valence-electron chi connectivity index (χ3n) is 3.29. The highest BCUT2D eigenvalue weighted by molar-refractivity contribution is 7.99. The van der Waals surface area contributed by atoms with Gasteiger partial charge in [0.05, 0.1) is 0 Å². The highest BCUT2D eigenvalue weighted by Crippen LogP contribution is 2.48. The van der Waals surface area contributed by atoms with E-state index in [9.17, 15) is 0 Å². The SMILES string of the molecule is OCCC1(CNC2CCSC2)CC1. The fourth-order valence-electron chi connectivity index (χ4n) is 1.99. The Hall–Kier alpha value is 0.270. The zero-order valence-corrected chi connectivity index (χ0v) is 8.91. The summed E-state index contributed by atoms with van der Waals surface area (Å²) >= 11 is 2.05. The molecule has 0 spiro atoms. The molecule has 2 aliphatic rings. The summed E-state index contributed by atoms with van der Waals surface area (Å²) in [4.78, 5) is 0. The Labute approximate surface area is 84.5 Å². The first-order chi connectivity index (χ1) is 6.35. The van der Waals surface area contributed by atoms with Crippen molar-refractivity contribution in [1.82, 2.24) is 5.32 Å². The predicted octanol–water partition coefficient (Wildman–Crippen LogP) is 1.24. The molecule has 0 aromatic heterocycles. The van der Waals surface area contributed by atoms with Crippen molar-refractivity contribution in [1.29, 1.82) is 0 Å². The molecule has 2 rings (SSSR count). The molecule has 2 nitrogen and oxygen atoms in total. The first kappa shape index (κ1) is 9.81. The number of aliphatic hydroxyl groups is 1. The van der Waals surface area contributed by atoms with E-state index in [4.69, 9.17) is 5.11 Å². The summed E-state index contributed by atoms with van der Waals surface area (Å²) in [6.45, 7) is 1.50. The van der Waals surface area contributed by atoms with Gasteiger partial charge in [0.1, 0.15) is 0 Å². The van der Waals surface area contributed by atoms with Gasteiger partial charge in [-0.15, -0.1) is 0 Å². The normalized spacial score (nSPS) is 30.7. The van der Waals surface area contributed by atoms with Crippen molar-refractivity contribution >= 4 is 11.8 Å². The Kier molecular flexibility index (Phi) is 3.17. The molecule has 1 unspecified atom stereocenters. The molecule has 1 aliphatic heterocycles. The molecule has 0 amide bonds. The molecule has 1 heterocycles. The van der Waals surface area contributed by atoms with Crippen molar-refractivity contribution in [2.75, 3.05) is 24.7 Å². The van der Waals surface area contributed by atoms with Gasteiger partial charge < -0.3 is 10.4 Å². The first-order valence-electron chi connectivity index (χ1n) is 5.27.